The first-order valence-electron chi connectivity index (χ1n) is 7.74. The first-order chi connectivity index (χ1) is 12.8. The van der Waals surface area contributed by atoms with Crippen LogP contribution in [0.15, 0.2) is 47.6 Å². The lowest BCUT2D eigenvalue weighted by Gasteiger charge is -2.12. The average Bonchev–Trinajstić information content (AvgIpc) is 2.98. The lowest BCUT2D eigenvalue weighted by atomic mass is 10.2. The molecule has 10 heteroatoms. The molecule has 0 fully saturated rings. The number of nitrogens with two attached hydrogens (primary N) is 1. The normalized spacial score (nSPS) is 12.0. The minimum absolute atomic E-state index is 0.0884. The van der Waals surface area contributed by atoms with E-state index in [0.29, 0.717) is 11.3 Å². The van der Waals surface area contributed by atoms with E-state index in [4.69, 9.17) is 17.4 Å². The molecule has 1 atom stereocenters. The smallest absolute Gasteiger partial charge is 0.237 e. The first-order valence-corrected chi connectivity index (χ1v) is 9.00. The molecule has 0 radical (unpaired) electrons. The number of carbonyl (C=O) groups excluding carboxylic acids is 1. The molecule has 1 aromatic heterocycles. The van der Waals surface area contributed by atoms with Gasteiger partial charge in [0.2, 0.25) is 11.1 Å². The summed E-state index contributed by atoms with van der Waals surface area (Å²) in [6.07, 6.45) is 0. The second-order valence-corrected chi connectivity index (χ2v) is 7.28. The molecule has 27 heavy (non-hydrogen) atoms. The molecule has 3 N–H and O–H groups in total. The molecule has 140 valence electrons. The van der Waals surface area contributed by atoms with Crippen molar-refractivity contribution in [1.29, 1.82) is 0 Å². The van der Waals surface area contributed by atoms with E-state index in [-0.39, 0.29) is 21.9 Å². The Bertz CT molecular complexity index is 997. The van der Waals surface area contributed by atoms with Crippen molar-refractivity contribution in [2.75, 3.05) is 11.2 Å². The fourth-order valence-electron chi connectivity index (χ4n) is 2.21. The molecule has 0 unspecified atom stereocenters. The van der Waals surface area contributed by atoms with Crippen molar-refractivity contribution in [3.8, 4) is 11.4 Å². The molecule has 0 aliphatic carbocycles. The Kier molecular flexibility index (Phi) is 5.62. The number of nitrogens with zero attached hydrogens (tertiary/aromatic N) is 3. The van der Waals surface area contributed by atoms with E-state index in [1.54, 1.807) is 13.0 Å². The number of carbonyl (C=O) groups is 1. The first kappa shape index (κ1) is 19.1. The van der Waals surface area contributed by atoms with Crippen molar-refractivity contribution in [3.63, 3.8) is 0 Å². The summed E-state index contributed by atoms with van der Waals surface area (Å²) in [4.78, 5) is 12.3. The largest absolute Gasteiger partial charge is 0.335 e. The number of hydrogen-bond donors (Lipinski definition) is 2. The number of anilines is 1. The number of halogens is 3. The standard InChI is InChI=1S/C17H14ClF2N5OS/c1-9(16(26)22-12-5-6-14(20)13(18)8-12)27-17-24-23-15(25(17)21)10-3-2-4-11(19)7-10/h2-9H,21H2,1H3,(H,22,26)/t9-/m1/s1. The van der Waals surface area contributed by atoms with Gasteiger partial charge in [-0.05, 0) is 37.3 Å². The maximum atomic E-state index is 13.4. The van der Waals surface area contributed by atoms with Crippen molar-refractivity contribution in [3.05, 3.63) is 59.1 Å². The third kappa shape index (κ3) is 4.37. The Morgan fingerprint density at radius 3 is 2.74 bits per heavy atom. The summed E-state index contributed by atoms with van der Waals surface area (Å²) in [5, 5.41) is 10.2. The molecular formula is C17H14ClF2N5OS. The van der Waals surface area contributed by atoms with Gasteiger partial charge in [0.15, 0.2) is 5.82 Å². The number of aromatic nitrogens is 3. The lowest BCUT2D eigenvalue weighted by Crippen LogP contribution is -2.23. The maximum Gasteiger partial charge on any atom is 0.237 e. The highest BCUT2D eigenvalue weighted by atomic mass is 35.5. The van der Waals surface area contributed by atoms with Crippen molar-refractivity contribution >= 4 is 35.0 Å². The van der Waals surface area contributed by atoms with E-state index in [9.17, 15) is 13.6 Å². The van der Waals surface area contributed by atoms with Crippen LogP contribution in [-0.2, 0) is 4.79 Å². The zero-order chi connectivity index (χ0) is 19.6. The molecular weight excluding hydrogens is 396 g/mol. The van der Waals surface area contributed by atoms with Crippen molar-refractivity contribution in [2.45, 2.75) is 17.3 Å². The second kappa shape index (κ2) is 7.93. The highest BCUT2D eigenvalue weighted by molar-refractivity contribution is 8.00. The summed E-state index contributed by atoms with van der Waals surface area (Å²) in [6.45, 7) is 1.65. The molecule has 6 nitrogen and oxygen atoms in total. The maximum absolute atomic E-state index is 13.4. The Morgan fingerprint density at radius 1 is 1.26 bits per heavy atom. The minimum atomic E-state index is -0.583. The SMILES string of the molecule is C[C@@H](Sc1nnc(-c2cccc(F)c2)n1N)C(=O)Nc1ccc(F)c(Cl)c1. The van der Waals surface area contributed by atoms with Gasteiger partial charge in [-0.15, -0.1) is 10.2 Å². The van der Waals surface area contributed by atoms with Gasteiger partial charge in [0.1, 0.15) is 11.6 Å². The van der Waals surface area contributed by atoms with Crippen LogP contribution in [0.25, 0.3) is 11.4 Å². The number of nitrogens with one attached hydrogen (secondary N) is 1. The van der Waals surface area contributed by atoms with Gasteiger partial charge in [-0.3, -0.25) is 4.79 Å². The Morgan fingerprint density at radius 2 is 2.04 bits per heavy atom. The minimum Gasteiger partial charge on any atom is -0.335 e. The van der Waals surface area contributed by atoms with Crippen LogP contribution in [0.5, 0.6) is 0 Å². The molecule has 0 aliphatic rings. The van der Waals surface area contributed by atoms with Gasteiger partial charge in [-0.25, -0.2) is 13.5 Å². The quantitative estimate of drug-likeness (QED) is 0.495. The predicted octanol–water partition coefficient (Wildman–Crippen LogP) is 3.71. The molecule has 0 spiro atoms. The van der Waals surface area contributed by atoms with Gasteiger partial charge in [-0.1, -0.05) is 35.5 Å². The number of benzene rings is 2. The fraction of sp³-hybridized carbons (Fsp3) is 0.118. The van der Waals surface area contributed by atoms with E-state index in [1.165, 1.54) is 35.0 Å². The molecule has 3 rings (SSSR count). The summed E-state index contributed by atoms with van der Waals surface area (Å²) < 4.78 is 27.8. The van der Waals surface area contributed by atoms with Gasteiger partial charge in [-0.2, -0.15) is 0 Å². The van der Waals surface area contributed by atoms with E-state index in [1.807, 2.05) is 0 Å². The zero-order valence-electron chi connectivity index (χ0n) is 14.0. The van der Waals surface area contributed by atoms with Crippen LogP contribution < -0.4 is 11.2 Å². The molecule has 0 saturated heterocycles. The van der Waals surface area contributed by atoms with Crippen LogP contribution in [0, 0.1) is 11.6 Å². The van der Waals surface area contributed by atoms with Crippen LogP contribution in [0.3, 0.4) is 0 Å². The van der Waals surface area contributed by atoms with Gasteiger partial charge in [0.05, 0.1) is 10.3 Å². The Hall–Kier alpha value is -2.65. The van der Waals surface area contributed by atoms with Crippen LogP contribution in [-0.4, -0.2) is 26.0 Å². The number of nitrogen functional groups attached to an aromatic ring is 1. The highest BCUT2D eigenvalue weighted by Gasteiger charge is 2.20. The summed E-state index contributed by atoms with van der Waals surface area (Å²) in [6, 6.07) is 9.68. The van der Waals surface area contributed by atoms with E-state index < -0.39 is 16.9 Å². The predicted molar refractivity (Wildman–Crippen MR) is 101 cm³/mol. The van der Waals surface area contributed by atoms with Crippen LogP contribution >= 0.6 is 23.4 Å². The topological polar surface area (TPSA) is 85.8 Å². The van der Waals surface area contributed by atoms with Gasteiger partial charge < -0.3 is 11.2 Å². The van der Waals surface area contributed by atoms with Gasteiger partial charge >= 0.3 is 0 Å². The number of rotatable bonds is 5. The molecule has 2 aromatic carbocycles. The summed E-state index contributed by atoms with van der Waals surface area (Å²) >= 11 is 6.78. The number of hydrogen-bond acceptors (Lipinski definition) is 5. The Labute approximate surface area is 162 Å². The number of amides is 1. The van der Waals surface area contributed by atoms with E-state index >= 15 is 0 Å². The second-order valence-electron chi connectivity index (χ2n) is 5.56. The van der Waals surface area contributed by atoms with Crippen LogP contribution in [0.4, 0.5) is 14.5 Å². The van der Waals surface area contributed by atoms with Gasteiger partial charge in [0, 0.05) is 11.3 Å². The summed E-state index contributed by atoms with van der Waals surface area (Å²) in [7, 11) is 0. The van der Waals surface area contributed by atoms with Crippen LogP contribution in [0.1, 0.15) is 6.92 Å². The summed E-state index contributed by atoms with van der Waals surface area (Å²) in [5.74, 6) is 4.91. The highest BCUT2D eigenvalue weighted by Crippen LogP contribution is 2.26. The summed E-state index contributed by atoms with van der Waals surface area (Å²) in [5.41, 5.74) is 0.837. The van der Waals surface area contributed by atoms with Crippen molar-refractivity contribution in [2.24, 2.45) is 0 Å². The lowest BCUT2D eigenvalue weighted by molar-refractivity contribution is -0.115. The van der Waals surface area contributed by atoms with E-state index in [2.05, 4.69) is 15.5 Å². The van der Waals surface area contributed by atoms with Crippen molar-refractivity contribution < 1.29 is 13.6 Å². The van der Waals surface area contributed by atoms with Gasteiger partial charge in [0.25, 0.3) is 0 Å². The van der Waals surface area contributed by atoms with Crippen molar-refractivity contribution in [1.82, 2.24) is 14.9 Å². The molecule has 3 aromatic rings. The average molecular weight is 410 g/mol. The molecule has 0 saturated carbocycles. The molecule has 0 bridgehead atoms. The zero-order valence-corrected chi connectivity index (χ0v) is 15.6. The van der Waals surface area contributed by atoms with E-state index in [0.717, 1.165) is 17.8 Å². The van der Waals surface area contributed by atoms with Crippen LogP contribution in [0.2, 0.25) is 5.02 Å². The monoisotopic (exact) mass is 409 g/mol. The fourth-order valence-corrected chi connectivity index (χ4v) is 3.16. The third-order valence-electron chi connectivity index (χ3n) is 3.59. The molecule has 1 heterocycles. The molecule has 0 aliphatic heterocycles. The Balaban J connectivity index is 1.71. The molecule has 1 amide bonds. The third-order valence-corrected chi connectivity index (χ3v) is 4.93. The number of thioether (sulfide) groups is 1.